The van der Waals surface area contributed by atoms with Crippen LogP contribution in [0, 0.1) is 0 Å². The number of sulfonamides is 1. The summed E-state index contributed by atoms with van der Waals surface area (Å²) >= 11 is 1.12. The molecule has 120 valence electrons. The number of hydrogen-bond donors (Lipinski definition) is 1. The molecule has 0 aliphatic rings. The molecular formula is C15H14N2O4S2. The van der Waals surface area contributed by atoms with Crippen LogP contribution >= 0.6 is 11.3 Å². The second kappa shape index (κ2) is 6.43. The topological polar surface area (TPSA) is 81.4 Å². The molecular weight excluding hydrogens is 336 g/mol. The van der Waals surface area contributed by atoms with Gasteiger partial charge in [-0.15, -0.1) is 11.3 Å². The molecule has 0 saturated heterocycles. The van der Waals surface area contributed by atoms with Crippen molar-refractivity contribution in [2.75, 3.05) is 11.3 Å². The van der Waals surface area contributed by atoms with E-state index >= 15 is 0 Å². The van der Waals surface area contributed by atoms with Crippen LogP contribution in [0.4, 0.5) is 5.69 Å². The summed E-state index contributed by atoms with van der Waals surface area (Å²) in [6.45, 7) is 2.45. The summed E-state index contributed by atoms with van der Waals surface area (Å²) in [5.41, 5.74) is 0.475. The molecule has 1 N–H and O–H groups in total. The van der Waals surface area contributed by atoms with Crippen LogP contribution in [0.3, 0.4) is 0 Å². The van der Waals surface area contributed by atoms with Crippen molar-refractivity contribution >= 4 is 27.0 Å². The summed E-state index contributed by atoms with van der Waals surface area (Å²) < 4.78 is 37.9. The number of ether oxygens (including phenoxy) is 1. The second-order valence-corrected chi connectivity index (χ2v) is 7.55. The molecule has 0 atom stereocenters. The Kier molecular flexibility index (Phi) is 4.35. The minimum atomic E-state index is -3.64. The fraction of sp³-hybridized carbons (Fsp3) is 0.133. The van der Waals surface area contributed by atoms with E-state index in [1.54, 1.807) is 42.5 Å². The van der Waals surface area contributed by atoms with E-state index < -0.39 is 10.0 Å². The van der Waals surface area contributed by atoms with Crippen LogP contribution in [0.1, 0.15) is 6.92 Å². The van der Waals surface area contributed by atoms with Crippen LogP contribution in [0.15, 0.2) is 57.4 Å². The van der Waals surface area contributed by atoms with Crippen molar-refractivity contribution in [2.24, 2.45) is 0 Å². The van der Waals surface area contributed by atoms with E-state index in [-0.39, 0.29) is 4.21 Å². The Morgan fingerprint density at radius 1 is 1.17 bits per heavy atom. The maximum absolute atomic E-state index is 12.4. The van der Waals surface area contributed by atoms with Crippen molar-refractivity contribution in [3.8, 4) is 16.4 Å². The molecule has 0 spiro atoms. The molecule has 0 bridgehead atoms. The van der Waals surface area contributed by atoms with Gasteiger partial charge < -0.3 is 9.26 Å². The zero-order valence-corrected chi connectivity index (χ0v) is 13.9. The van der Waals surface area contributed by atoms with Gasteiger partial charge in [-0.2, -0.15) is 0 Å². The third-order valence-corrected chi connectivity index (χ3v) is 5.92. The first-order chi connectivity index (χ1) is 11.1. The zero-order valence-electron chi connectivity index (χ0n) is 12.2. The molecule has 6 nitrogen and oxygen atoms in total. The van der Waals surface area contributed by atoms with Crippen molar-refractivity contribution in [1.82, 2.24) is 5.16 Å². The monoisotopic (exact) mass is 350 g/mol. The molecule has 0 aliphatic heterocycles. The molecule has 0 unspecified atom stereocenters. The van der Waals surface area contributed by atoms with E-state index in [9.17, 15) is 8.42 Å². The average molecular weight is 350 g/mol. The minimum Gasteiger partial charge on any atom is -0.494 e. The van der Waals surface area contributed by atoms with Crippen molar-refractivity contribution in [2.45, 2.75) is 11.1 Å². The fourth-order valence-corrected chi connectivity index (χ4v) is 4.25. The van der Waals surface area contributed by atoms with Crippen molar-refractivity contribution < 1.29 is 17.7 Å². The first-order valence-electron chi connectivity index (χ1n) is 6.85. The van der Waals surface area contributed by atoms with Crippen molar-refractivity contribution in [3.63, 3.8) is 0 Å². The van der Waals surface area contributed by atoms with E-state index in [0.717, 1.165) is 11.3 Å². The molecule has 1 aromatic carbocycles. The SMILES string of the molecule is CCOc1ccc(NS(=O)(=O)c2ccc(-c3ccno3)s2)cc1. The van der Waals surface area contributed by atoms with Gasteiger partial charge in [0.25, 0.3) is 10.0 Å². The summed E-state index contributed by atoms with van der Waals surface area (Å²) in [6, 6.07) is 11.7. The lowest BCUT2D eigenvalue weighted by atomic mass is 10.3. The Morgan fingerprint density at radius 2 is 1.96 bits per heavy atom. The summed E-state index contributed by atoms with van der Waals surface area (Å²) in [6.07, 6.45) is 1.52. The van der Waals surface area contributed by atoms with Gasteiger partial charge >= 0.3 is 0 Å². The second-order valence-electron chi connectivity index (χ2n) is 4.56. The highest BCUT2D eigenvalue weighted by Gasteiger charge is 2.18. The molecule has 0 aliphatic carbocycles. The number of anilines is 1. The van der Waals surface area contributed by atoms with Gasteiger partial charge in [-0.1, -0.05) is 5.16 Å². The number of thiophene rings is 1. The summed E-state index contributed by atoms with van der Waals surface area (Å²) in [7, 11) is -3.64. The first-order valence-corrected chi connectivity index (χ1v) is 9.15. The largest absolute Gasteiger partial charge is 0.494 e. The van der Waals surface area contributed by atoms with Gasteiger partial charge in [0, 0.05) is 11.8 Å². The van der Waals surface area contributed by atoms with E-state index in [2.05, 4.69) is 9.88 Å². The lowest BCUT2D eigenvalue weighted by Gasteiger charge is -2.07. The van der Waals surface area contributed by atoms with Crippen LogP contribution < -0.4 is 9.46 Å². The van der Waals surface area contributed by atoms with Crippen LogP contribution in [-0.4, -0.2) is 20.2 Å². The van der Waals surface area contributed by atoms with Gasteiger partial charge in [0.15, 0.2) is 5.76 Å². The van der Waals surface area contributed by atoms with Gasteiger partial charge in [0.2, 0.25) is 0 Å². The highest BCUT2D eigenvalue weighted by atomic mass is 32.2. The Balaban J connectivity index is 1.79. The molecule has 2 aromatic heterocycles. The van der Waals surface area contributed by atoms with Crippen LogP contribution in [0.5, 0.6) is 5.75 Å². The summed E-state index contributed by atoms with van der Waals surface area (Å²) in [5, 5.41) is 3.62. The van der Waals surface area contributed by atoms with Crippen LogP contribution in [0.25, 0.3) is 10.6 Å². The Morgan fingerprint density at radius 3 is 2.61 bits per heavy atom. The fourth-order valence-electron chi connectivity index (χ4n) is 1.93. The quantitative estimate of drug-likeness (QED) is 0.734. The maximum Gasteiger partial charge on any atom is 0.271 e. The van der Waals surface area contributed by atoms with E-state index in [0.29, 0.717) is 28.7 Å². The number of nitrogens with zero attached hydrogens (tertiary/aromatic N) is 1. The molecule has 0 amide bonds. The van der Waals surface area contributed by atoms with Gasteiger partial charge in [-0.05, 0) is 43.3 Å². The molecule has 3 rings (SSSR count). The highest BCUT2D eigenvalue weighted by molar-refractivity contribution is 7.94. The predicted octanol–water partition coefficient (Wildman–Crippen LogP) is 3.60. The van der Waals surface area contributed by atoms with E-state index in [4.69, 9.17) is 9.26 Å². The van der Waals surface area contributed by atoms with Gasteiger partial charge in [0.1, 0.15) is 9.96 Å². The smallest absolute Gasteiger partial charge is 0.271 e. The summed E-state index contributed by atoms with van der Waals surface area (Å²) in [5.74, 6) is 1.23. The Labute approximate surface area is 137 Å². The van der Waals surface area contributed by atoms with Crippen molar-refractivity contribution in [1.29, 1.82) is 0 Å². The lowest BCUT2D eigenvalue weighted by molar-refractivity contribution is 0.340. The third-order valence-electron chi connectivity index (χ3n) is 2.94. The summed E-state index contributed by atoms with van der Waals surface area (Å²) in [4.78, 5) is 0.703. The molecule has 0 saturated carbocycles. The van der Waals surface area contributed by atoms with Crippen molar-refractivity contribution in [3.05, 3.63) is 48.7 Å². The normalized spacial score (nSPS) is 11.3. The lowest BCUT2D eigenvalue weighted by Crippen LogP contribution is -2.11. The maximum atomic E-state index is 12.4. The third kappa shape index (κ3) is 3.54. The van der Waals surface area contributed by atoms with E-state index in [1.165, 1.54) is 6.20 Å². The average Bonchev–Trinajstić information content (AvgIpc) is 3.20. The van der Waals surface area contributed by atoms with Crippen LogP contribution in [-0.2, 0) is 10.0 Å². The van der Waals surface area contributed by atoms with Gasteiger partial charge in [-0.25, -0.2) is 8.42 Å². The van der Waals surface area contributed by atoms with Gasteiger partial charge in [0.05, 0.1) is 17.7 Å². The number of hydrogen-bond acceptors (Lipinski definition) is 6. The molecule has 23 heavy (non-hydrogen) atoms. The molecule has 8 heteroatoms. The van der Waals surface area contributed by atoms with Crippen LogP contribution in [0.2, 0.25) is 0 Å². The van der Waals surface area contributed by atoms with Gasteiger partial charge in [-0.3, -0.25) is 4.72 Å². The number of aromatic nitrogens is 1. The molecule has 3 aromatic rings. The number of rotatable bonds is 6. The first kappa shape index (κ1) is 15.6. The van der Waals surface area contributed by atoms with E-state index in [1.807, 2.05) is 6.92 Å². The minimum absolute atomic E-state index is 0.206. The zero-order chi connectivity index (χ0) is 16.3. The molecule has 0 fully saturated rings. The molecule has 2 heterocycles. The Bertz CT molecular complexity index is 869. The standard InChI is InChI=1S/C15H14N2O4S2/c1-2-20-12-5-3-11(4-6-12)17-23(18,19)15-8-7-14(22-15)13-9-10-16-21-13/h3-10,17H,2H2,1H3. The Hall–Kier alpha value is -2.32. The number of benzene rings is 1. The number of nitrogens with one attached hydrogen (secondary N) is 1. The highest BCUT2D eigenvalue weighted by Crippen LogP contribution is 2.31. The predicted molar refractivity (Wildman–Crippen MR) is 88.2 cm³/mol. The molecule has 0 radical (unpaired) electrons.